The second-order valence-electron chi connectivity index (χ2n) is 9.57. The largest absolute Gasteiger partial charge is 0.368 e. The number of fused-ring (bicyclic) bond motifs is 2. The number of non-ortho nitro benzene ring substituents is 1. The van der Waals surface area contributed by atoms with Crippen molar-refractivity contribution in [3.05, 3.63) is 46.5 Å². The number of urea groups is 1. The van der Waals surface area contributed by atoms with Crippen LogP contribution in [0.25, 0.3) is 10.8 Å². The molecule has 5 rings (SSSR count). The van der Waals surface area contributed by atoms with E-state index >= 15 is 0 Å². The number of imide groups is 1. The molecule has 0 saturated carbocycles. The van der Waals surface area contributed by atoms with E-state index in [4.69, 9.17) is 0 Å². The highest BCUT2D eigenvalue weighted by molar-refractivity contribution is 6.04. The number of benzene rings is 2. The summed E-state index contributed by atoms with van der Waals surface area (Å²) in [5.74, 6) is -0.0141. The highest BCUT2D eigenvalue weighted by atomic mass is 16.6. The van der Waals surface area contributed by atoms with Crippen molar-refractivity contribution in [2.24, 2.45) is 0 Å². The molecule has 3 aliphatic rings. The van der Waals surface area contributed by atoms with Crippen molar-refractivity contribution < 1.29 is 14.5 Å². The molecule has 9 heteroatoms. The summed E-state index contributed by atoms with van der Waals surface area (Å²) in [4.78, 5) is 44.0. The van der Waals surface area contributed by atoms with Crippen LogP contribution >= 0.6 is 0 Å². The zero-order valence-electron chi connectivity index (χ0n) is 19.6. The van der Waals surface area contributed by atoms with Crippen LogP contribution < -0.4 is 4.90 Å². The molecule has 3 amide bonds. The van der Waals surface area contributed by atoms with Crippen LogP contribution in [0.1, 0.15) is 32.6 Å². The predicted molar refractivity (Wildman–Crippen MR) is 130 cm³/mol. The summed E-state index contributed by atoms with van der Waals surface area (Å²) in [7, 11) is 0. The second-order valence-corrected chi connectivity index (χ2v) is 9.57. The molecule has 3 heterocycles. The third kappa shape index (κ3) is 3.98. The predicted octanol–water partition coefficient (Wildman–Crippen LogP) is 3.47. The fraction of sp³-hybridized carbons (Fsp3) is 0.520. The van der Waals surface area contributed by atoms with Crippen molar-refractivity contribution in [2.75, 3.05) is 44.2 Å². The number of piperazine rings is 1. The van der Waals surface area contributed by atoms with Gasteiger partial charge in [-0.1, -0.05) is 18.2 Å². The Labute approximate surface area is 199 Å². The highest BCUT2D eigenvalue weighted by Gasteiger charge is 2.46. The van der Waals surface area contributed by atoms with E-state index in [1.54, 1.807) is 11.0 Å². The summed E-state index contributed by atoms with van der Waals surface area (Å²) < 4.78 is 0. The summed E-state index contributed by atoms with van der Waals surface area (Å²) in [6.07, 6.45) is 3.48. The normalized spacial score (nSPS) is 23.3. The molecular formula is C25H31N5O4. The zero-order chi connectivity index (χ0) is 23.8. The second kappa shape index (κ2) is 9.21. The Morgan fingerprint density at radius 3 is 2.50 bits per heavy atom. The van der Waals surface area contributed by atoms with Crippen LogP contribution in [0.5, 0.6) is 0 Å². The number of nitro benzene ring substituents is 1. The minimum Gasteiger partial charge on any atom is -0.368 e. The summed E-state index contributed by atoms with van der Waals surface area (Å²) in [6.45, 7) is 6.96. The van der Waals surface area contributed by atoms with Gasteiger partial charge in [0.25, 0.3) is 11.6 Å². The lowest BCUT2D eigenvalue weighted by Gasteiger charge is -2.41. The number of nitrogens with zero attached hydrogens (tertiary/aromatic N) is 5. The molecule has 1 unspecified atom stereocenters. The monoisotopic (exact) mass is 465 g/mol. The van der Waals surface area contributed by atoms with E-state index in [-0.39, 0.29) is 28.6 Å². The molecule has 0 N–H and O–H groups in total. The molecule has 180 valence electrons. The summed E-state index contributed by atoms with van der Waals surface area (Å²) in [5, 5.41) is 13.0. The van der Waals surface area contributed by atoms with Crippen LogP contribution in [0.15, 0.2) is 36.4 Å². The van der Waals surface area contributed by atoms with Crippen LogP contribution in [-0.4, -0.2) is 82.9 Å². The number of rotatable bonds is 7. The first-order chi connectivity index (χ1) is 16.5. The molecule has 3 aliphatic heterocycles. The molecule has 0 aliphatic carbocycles. The van der Waals surface area contributed by atoms with Gasteiger partial charge < -0.3 is 9.80 Å². The van der Waals surface area contributed by atoms with E-state index < -0.39 is 0 Å². The quantitative estimate of drug-likeness (QED) is 0.269. The maximum atomic E-state index is 12.5. The zero-order valence-corrected chi connectivity index (χ0v) is 19.6. The number of anilines is 1. The Morgan fingerprint density at radius 2 is 1.76 bits per heavy atom. The van der Waals surface area contributed by atoms with Crippen LogP contribution in [0.4, 0.5) is 16.2 Å². The molecule has 0 radical (unpaired) electrons. The van der Waals surface area contributed by atoms with E-state index in [2.05, 4.69) is 16.7 Å². The first kappa shape index (κ1) is 22.6. The molecular weight excluding hydrogens is 434 g/mol. The summed E-state index contributed by atoms with van der Waals surface area (Å²) in [5.41, 5.74) is 1.18. The number of amides is 3. The van der Waals surface area contributed by atoms with Gasteiger partial charge in [0.15, 0.2) is 0 Å². The Balaban J connectivity index is 1.16. The SMILES string of the molecule is C[C@H]1CN(c2ccc([N+](=O)[O-])c3ccccc23)CCN1CCCCN1C(=O)C2CCCN2C1=O. The van der Waals surface area contributed by atoms with Gasteiger partial charge in [-0.25, -0.2) is 4.79 Å². The molecule has 0 bridgehead atoms. The van der Waals surface area contributed by atoms with Crippen LogP contribution in [-0.2, 0) is 4.79 Å². The lowest BCUT2D eigenvalue weighted by atomic mass is 10.0. The van der Waals surface area contributed by atoms with Crippen molar-refractivity contribution in [3.8, 4) is 0 Å². The van der Waals surface area contributed by atoms with E-state index in [9.17, 15) is 19.7 Å². The maximum absolute atomic E-state index is 12.5. The average Bonchev–Trinajstić information content (AvgIpc) is 3.40. The van der Waals surface area contributed by atoms with Gasteiger partial charge in [-0.05, 0) is 51.3 Å². The van der Waals surface area contributed by atoms with Crippen molar-refractivity contribution in [1.82, 2.24) is 14.7 Å². The van der Waals surface area contributed by atoms with Crippen LogP contribution in [0.3, 0.4) is 0 Å². The van der Waals surface area contributed by atoms with E-state index in [0.717, 1.165) is 62.9 Å². The van der Waals surface area contributed by atoms with Crippen molar-refractivity contribution >= 4 is 34.1 Å². The van der Waals surface area contributed by atoms with Crippen LogP contribution in [0, 0.1) is 10.1 Å². The minimum absolute atomic E-state index is 0.0141. The Hall–Kier alpha value is -3.20. The van der Waals surface area contributed by atoms with Crippen molar-refractivity contribution in [3.63, 3.8) is 0 Å². The van der Waals surface area contributed by atoms with Crippen LogP contribution in [0.2, 0.25) is 0 Å². The smallest absolute Gasteiger partial charge is 0.327 e. The topological polar surface area (TPSA) is 90.2 Å². The van der Waals surface area contributed by atoms with Gasteiger partial charge in [-0.2, -0.15) is 0 Å². The number of nitro groups is 1. The molecule has 0 aromatic heterocycles. The van der Waals surface area contributed by atoms with Gasteiger partial charge in [0.05, 0.1) is 10.3 Å². The summed E-state index contributed by atoms with van der Waals surface area (Å²) in [6, 6.07) is 11.0. The Kier molecular flexibility index (Phi) is 6.12. The Morgan fingerprint density at radius 1 is 1.00 bits per heavy atom. The molecule has 34 heavy (non-hydrogen) atoms. The van der Waals surface area contributed by atoms with E-state index in [0.29, 0.717) is 24.5 Å². The van der Waals surface area contributed by atoms with E-state index in [1.165, 1.54) is 4.90 Å². The molecule has 2 aromatic rings. The first-order valence-corrected chi connectivity index (χ1v) is 12.2. The van der Waals surface area contributed by atoms with E-state index in [1.807, 2.05) is 30.3 Å². The van der Waals surface area contributed by atoms with Crippen molar-refractivity contribution in [2.45, 2.75) is 44.7 Å². The molecule has 0 spiro atoms. The van der Waals surface area contributed by atoms with Gasteiger partial charge in [0, 0.05) is 55.9 Å². The summed E-state index contributed by atoms with van der Waals surface area (Å²) >= 11 is 0. The van der Waals surface area contributed by atoms with Gasteiger partial charge in [-0.15, -0.1) is 0 Å². The number of carbonyl (C=O) groups is 2. The standard InChI is InChI=1S/C25H31N5O4/c1-18-17-27(21-10-11-22(30(33)34)20-8-3-2-7-19(20)21)16-15-26(18)12-4-5-13-29-24(31)23-9-6-14-28(23)25(29)32/h2-3,7-8,10-11,18,23H,4-6,9,12-17H2,1H3/t18-,23?/m0/s1. The third-order valence-electron chi connectivity index (χ3n) is 7.54. The van der Waals surface area contributed by atoms with Crippen molar-refractivity contribution in [1.29, 1.82) is 0 Å². The lowest BCUT2D eigenvalue weighted by molar-refractivity contribution is -0.383. The third-order valence-corrected chi connectivity index (χ3v) is 7.54. The number of carbonyl (C=O) groups excluding carboxylic acids is 2. The molecule has 9 nitrogen and oxygen atoms in total. The molecule has 2 atom stereocenters. The fourth-order valence-corrected chi connectivity index (χ4v) is 5.72. The van der Waals surface area contributed by atoms with Gasteiger partial charge in [0.2, 0.25) is 0 Å². The lowest BCUT2D eigenvalue weighted by Crippen LogP contribution is -2.52. The minimum atomic E-state index is -0.320. The number of hydrogen-bond acceptors (Lipinski definition) is 6. The molecule has 3 saturated heterocycles. The highest BCUT2D eigenvalue weighted by Crippen LogP contribution is 2.34. The first-order valence-electron chi connectivity index (χ1n) is 12.2. The fourth-order valence-electron chi connectivity index (χ4n) is 5.72. The van der Waals surface area contributed by atoms with Gasteiger partial charge in [-0.3, -0.25) is 24.7 Å². The molecule has 3 fully saturated rings. The van der Waals surface area contributed by atoms with Gasteiger partial charge in [0.1, 0.15) is 6.04 Å². The maximum Gasteiger partial charge on any atom is 0.327 e. The number of hydrogen-bond donors (Lipinski definition) is 0. The average molecular weight is 466 g/mol. The van der Waals surface area contributed by atoms with Gasteiger partial charge >= 0.3 is 6.03 Å². The molecule has 2 aromatic carbocycles. The Bertz CT molecular complexity index is 1100. The number of unbranched alkanes of at least 4 members (excludes halogenated alkanes) is 1.